The van der Waals surface area contributed by atoms with Gasteiger partial charge >= 0.3 is 35.4 Å². The first-order valence-corrected chi connectivity index (χ1v) is 6.03. The maximum absolute atomic E-state index is 13.3. The van der Waals surface area contributed by atoms with Crippen molar-refractivity contribution in [3.05, 3.63) is 4.91 Å². The molecule has 0 spiro atoms. The van der Waals surface area contributed by atoms with Crippen LogP contribution < -0.4 is 0 Å². The van der Waals surface area contributed by atoms with Gasteiger partial charge in [0.25, 0.3) is 0 Å². The molecular formula is C9F14O2S. The van der Waals surface area contributed by atoms with Crippen molar-refractivity contribution in [1.82, 2.24) is 0 Å². The topological polar surface area (TPSA) is 34.1 Å². The maximum Gasteiger partial charge on any atom is 0.441 e. The van der Waals surface area contributed by atoms with Crippen LogP contribution >= 0.6 is 11.8 Å². The van der Waals surface area contributed by atoms with Crippen molar-refractivity contribution >= 4 is 23.5 Å². The van der Waals surface area contributed by atoms with Crippen molar-refractivity contribution < 1.29 is 71.1 Å². The zero-order chi connectivity index (χ0) is 21.6. The van der Waals surface area contributed by atoms with E-state index in [4.69, 9.17) is 0 Å². The van der Waals surface area contributed by atoms with Crippen LogP contribution in [0.2, 0.25) is 0 Å². The summed E-state index contributed by atoms with van der Waals surface area (Å²) < 4.78 is 173. The molecule has 26 heavy (non-hydrogen) atoms. The van der Waals surface area contributed by atoms with E-state index < -0.39 is 63.8 Å². The third-order valence-electron chi connectivity index (χ3n) is 2.36. The van der Waals surface area contributed by atoms with Crippen LogP contribution in [0.4, 0.5) is 61.5 Å². The molecule has 0 rings (SSSR count). The third-order valence-corrected chi connectivity index (χ3v) is 3.58. The summed E-state index contributed by atoms with van der Waals surface area (Å²) in [5.41, 5.74) is -7.09. The number of carbonyl (C=O) groups excluding carboxylic acids is 2. The molecular weight excluding hydrogens is 438 g/mol. The number of allylic oxidation sites excluding steroid dienone is 1. The predicted molar refractivity (Wildman–Crippen MR) is 53.7 cm³/mol. The summed E-state index contributed by atoms with van der Waals surface area (Å²) >= 11 is -2.74. The fraction of sp³-hybridized carbons (Fsp3) is 0.667. The summed E-state index contributed by atoms with van der Waals surface area (Å²) in [4.78, 5) is 17.8. The molecule has 0 aromatic rings. The van der Waals surface area contributed by atoms with E-state index in [1.807, 2.05) is 0 Å². The maximum atomic E-state index is 13.3. The molecule has 0 saturated heterocycles. The predicted octanol–water partition coefficient (Wildman–Crippen LogP) is 4.63. The number of carbonyl (C=O) groups is 1. The fourth-order valence-electron chi connectivity index (χ4n) is 1.11. The summed E-state index contributed by atoms with van der Waals surface area (Å²) in [5.74, 6) is -4.69. The van der Waals surface area contributed by atoms with Gasteiger partial charge in [-0.2, -0.15) is 52.7 Å². The van der Waals surface area contributed by atoms with Gasteiger partial charge in [0.1, 0.15) is 10.8 Å². The number of rotatable bonds is 4. The van der Waals surface area contributed by atoms with Crippen LogP contribution in [0.15, 0.2) is 4.91 Å². The Morgan fingerprint density at radius 2 is 0.923 bits per heavy atom. The van der Waals surface area contributed by atoms with Gasteiger partial charge in [-0.05, 0) is 0 Å². The zero-order valence-corrected chi connectivity index (χ0v) is 11.8. The second-order valence-corrected chi connectivity index (χ2v) is 5.28. The third kappa shape index (κ3) is 3.92. The Labute approximate surface area is 136 Å². The largest absolute Gasteiger partial charge is 0.441 e. The van der Waals surface area contributed by atoms with Crippen LogP contribution in [-0.2, 0) is 9.59 Å². The van der Waals surface area contributed by atoms with Crippen LogP contribution in [0.5, 0.6) is 0 Å². The van der Waals surface area contributed by atoms with Crippen LogP contribution in [0.3, 0.4) is 0 Å². The first-order valence-electron chi connectivity index (χ1n) is 5.21. The Kier molecular flexibility index (Phi) is 6.20. The Hall–Kier alpha value is -1.51. The molecule has 0 amide bonds. The van der Waals surface area contributed by atoms with E-state index in [1.54, 1.807) is 0 Å². The number of ketones is 1. The molecule has 0 unspecified atom stereocenters. The summed E-state index contributed by atoms with van der Waals surface area (Å²) in [7, 11) is 0. The molecule has 0 aliphatic heterocycles. The molecule has 0 N–H and O–H groups in total. The van der Waals surface area contributed by atoms with Crippen molar-refractivity contribution in [3.8, 4) is 0 Å². The molecule has 0 fully saturated rings. The van der Waals surface area contributed by atoms with Crippen molar-refractivity contribution in [2.24, 2.45) is 0 Å². The minimum atomic E-state index is -7.26. The minimum absolute atomic E-state index is 0.448. The molecule has 0 radical (unpaired) electrons. The number of thioether (sulfide) groups is 1. The number of alkyl halides is 14. The second-order valence-electron chi connectivity index (χ2n) is 4.11. The molecule has 0 atom stereocenters. The molecule has 0 bridgehead atoms. The Morgan fingerprint density at radius 1 is 0.615 bits per heavy atom. The van der Waals surface area contributed by atoms with Gasteiger partial charge in [-0.3, -0.25) is 4.79 Å². The lowest BCUT2D eigenvalue weighted by Crippen LogP contribution is -2.60. The van der Waals surface area contributed by atoms with E-state index in [1.165, 1.54) is 0 Å². The number of Topliss-reactive ketones (excluding diaryl/α,β-unsaturated/α-hetero) is 1. The van der Waals surface area contributed by atoms with Gasteiger partial charge < -0.3 is 0 Å². The molecule has 0 heterocycles. The van der Waals surface area contributed by atoms with E-state index >= 15 is 0 Å². The van der Waals surface area contributed by atoms with Gasteiger partial charge in [-0.25, -0.2) is 13.6 Å². The summed E-state index contributed by atoms with van der Waals surface area (Å²) in [6.07, 6.45) is -28.7. The van der Waals surface area contributed by atoms with Gasteiger partial charge in [-0.1, -0.05) is 11.8 Å². The molecule has 0 aromatic carbocycles. The van der Waals surface area contributed by atoms with Gasteiger partial charge in [0.2, 0.25) is 5.78 Å². The Morgan fingerprint density at radius 3 is 1.12 bits per heavy atom. The van der Waals surface area contributed by atoms with Crippen LogP contribution in [0.1, 0.15) is 0 Å². The highest BCUT2D eigenvalue weighted by atomic mass is 32.2. The minimum Gasteiger partial charge on any atom is -0.288 e. The van der Waals surface area contributed by atoms with E-state index in [0.29, 0.717) is 0 Å². The van der Waals surface area contributed by atoms with Crippen LogP contribution in [0.25, 0.3) is 0 Å². The van der Waals surface area contributed by atoms with E-state index in [9.17, 15) is 71.1 Å². The number of hydrogen-bond donors (Lipinski definition) is 0. The van der Waals surface area contributed by atoms with Gasteiger partial charge in [-0.15, -0.1) is 0 Å². The zero-order valence-electron chi connectivity index (χ0n) is 11.0. The van der Waals surface area contributed by atoms with Gasteiger partial charge in [0, 0.05) is 0 Å². The molecule has 17 heteroatoms. The van der Waals surface area contributed by atoms with Crippen molar-refractivity contribution in [1.29, 1.82) is 0 Å². The summed E-state index contributed by atoms with van der Waals surface area (Å²) in [6.45, 7) is 0. The number of hydrogen-bond acceptors (Lipinski definition) is 3. The van der Waals surface area contributed by atoms with Gasteiger partial charge in [0.05, 0.1) is 0 Å². The molecule has 2 nitrogen and oxygen atoms in total. The molecule has 0 saturated carbocycles. The van der Waals surface area contributed by atoms with Crippen LogP contribution in [-0.4, -0.2) is 47.1 Å². The monoisotopic (exact) mass is 438 g/mol. The van der Waals surface area contributed by atoms with Crippen molar-refractivity contribution in [3.63, 3.8) is 0 Å². The Bertz CT molecular complexity index is 574. The van der Waals surface area contributed by atoms with E-state index in [-0.39, 0.29) is 0 Å². The average Bonchev–Trinajstić information content (AvgIpc) is 2.37. The lowest BCUT2D eigenvalue weighted by molar-refractivity contribution is -0.323. The van der Waals surface area contributed by atoms with Crippen molar-refractivity contribution in [2.75, 3.05) is 0 Å². The first kappa shape index (κ1) is 24.5. The van der Waals surface area contributed by atoms with Gasteiger partial charge in [0.15, 0.2) is 0 Å². The second kappa shape index (κ2) is 6.58. The summed E-state index contributed by atoms with van der Waals surface area (Å²) in [6, 6.07) is 0. The van der Waals surface area contributed by atoms with E-state index in [0.717, 1.165) is 0 Å². The molecule has 152 valence electrons. The summed E-state index contributed by atoms with van der Waals surface area (Å²) in [5, 5.41) is -6.71. The Balaban J connectivity index is 6.41. The molecule has 0 aliphatic carbocycles. The normalized spacial score (nSPS) is 14.8. The smallest absolute Gasteiger partial charge is 0.288 e. The number of halogens is 14. The van der Waals surface area contributed by atoms with Crippen LogP contribution in [0, 0.1) is 0 Å². The average molecular weight is 438 g/mol. The highest BCUT2D eigenvalue weighted by Crippen LogP contribution is 2.57. The lowest BCUT2D eigenvalue weighted by atomic mass is 9.99. The SMILES string of the molecule is O=C=C(SC(F)(C(F)(F)F)C(F)(F)F)C(=O)C(F)(C(F)(F)F)C(F)(F)F. The highest BCUT2D eigenvalue weighted by molar-refractivity contribution is 8.05. The standard InChI is InChI=1S/C9F14O2S/c10-4(6(12,13)14,7(15,16)17)3(25)2(1-24)26-5(11,8(18,19)20)9(21,22)23. The van der Waals surface area contributed by atoms with Crippen molar-refractivity contribution in [2.45, 2.75) is 35.4 Å². The quantitative estimate of drug-likeness (QED) is 0.365. The van der Waals surface area contributed by atoms with E-state index in [2.05, 4.69) is 0 Å². The molecule has 0 aliphatic rings. The fourth-order valence-corrected chi connectivity index (χ4v) is 1.89. The first-order chi connectivity index (χ1) is 11.1. The highest BCUT2D eigenvalue weighted by Gasteiger charge is 2.80. The lowest BCUT2D eigenvalue weighted by Gasteiger charge is -2.31. The molecule has 0 aromatic heterocycles.